The highest BCUT2D eigenvalue weighted by molar-refractivity contribution is 5.89. The molecule has 2 aromatic rings. The summed E-state index contributed by atoms with van der Waals surface area (Å²) in [6, 6.07) is 4.30. The van der Waals surface area contributed by atoms with Crippen LogP contribution >= 0.6 is 0 Å². The molecule has 118 valence electrons. The van der Waals surface area contributed by atoms with Crippen molar-refractivity contribution in [3.8, 4) is 11.5 Å². The maximum Gasteiger partial charge on any atom is 0.297 e. The first-order valence-corrected chi connectivity index (χ1v) is 6.99. The minimum atomic E-state index is -0.498. The molecule has 2 rings (SSSR count). The number of rotatable bonds is 6. The van der Waals surface area contributed by atoms with Gasteiger partial charge in [0.2, 0.25) is 5.75 Å². The van der Waals surface area contributed by atoms with Gasteiger partial charge in [-0.25, -0.2) is 0 Å². The predicted molar refractivity (Wildman–Crippen MR) is 82.8 cm³/mol. The molecule has 1 heterocycles. The molecule has 0 bridgehead atoms. The molecule has 0 saturated carbocycles. The second-order valence-electron chi connectivity index (χ2n) is 4.89. The number of nitrogens with zero attached hydrogens (tertiary/aromatic N) is 2. The fourth-order valence-corrected chi connectivity index (χ4v) is 2.23. The van der Waals surface area contributed by atoms with Gasteiger partial charge in [0, 0.05) is 24.6 Å². The standard InChI is InChI=1S/C15H18N2O5/c1-4-5-8-22-14-13(21-3)11-7-6-10(17(19)20)9-12(11)16(2)15(14)18/h6-7,9H,4-5,8H2,1-3H3. The summed E-state index contributed by atoms with van der Waals surface area (Å²) in [6.07, 6.45) is 1.77. The summed E-state index contributed by atoms with van der Waals surface area (Å²) in [5.74, 6) is 0.448. The van der Waals surface area contributed by atoms with Crippen LogP contribution in [0.1, 0.15) is 19.8 Å². The highest BCUT2D eigenvalue weighted by Gasteiger charge is 2.19. The van der Waals surface area contributed by atoms with Crippen molar-refractivity contribution in [3.05, 3.63) is 38.7 Å². The van der Waals surface area contributed by atoms with Crippen LogP contribution in [0.5, 0.6) is 11.5 Å². The van der Waals surface area contributed by atoms with Gasteiger partial charge in [-0.3, -0.25) is 14.9 Å². The number of methoxy groups -OCH3 is 1. The van der Waals surface area contributed by atoms with Crippen molar-refractivity contribution < 1.29 is 14.4 Å². The summed E-state index contributed by atoms with van der Waals surface area (Å²) in [4.78, 5) is 22.8. The minimum Gasteiger partial charge on any atom is -0.492 e. The summed E-state index contributed by atoms with van der Waals surface area (Å²) < 4.78 is 12.2. The first-order chi connectivity index (χ1) is 10.5. The van der Waals surface area contributed by atoms with Crippen LogP contribution in [0.2, 0.25) is 0 Å². The molecule has 0 unspecified atom stereocenters. The number of aryl methyl sites for hydroxylation is 1. The lowest BCUT2D eigenvalue weighted by atomic mass is 10.1. The zero-order valence-electron chi connectivity index (χ0n) is 12.8. The highest BCUT2D eigenvalue weighted by Crippen LogP contribution is 2.33. The number of aromatic nitrogens is 1. The maximum absolute atomic E-state index is 12.4. The van der Waals surface area contributed by atoms with E-state index in [1.165, 1.54) is 23.8 Å². The van der Waals surface area contributed by atoms with Gasteiger partial charge in [-0.15, -0.1) is 0 Å². The SMILES string of the molecule is CCCCOc1c(OC)c2ccc([N+](=O)[O-])cc2n(C)c1=O. The van der Waals surface area contributed by atoms with Crippen LogP contribution in [0.25, 0.3) is 10.9 Å². The summed E-state index contributed by atoms with van der Waals surface area (Å²) in [7, 11) is 3.00. The van der Waals surface area contributed by atoms with E-state index in [9.17, 15) is 14.9 Å². The van der Waals surface area contributed by atoms with Gasteiger partial charge in [-0.1, -0.05) is 13.3 Å². The van der Waals surface area contributed by atoms with Crippen LogP contribution in [0, 0.1) is 10.1 Å². The Kier molecular flexibility index (Phi) is 4.65. The molecule has 7 heteroatoms. The number of hydrogen-bond acceptors (Lipinski definition) is 5. The second-order valence-corrected chi connectivity index (χ2v) is 4.89. The first kappa shape index (κ1) is 15.8. The number of unbranched alkanes of at least 4 members (excludes halogenated alkanes) is 1. The van der Waals surface area contributed by atoms with E-state index in [0.717, 1.165) is 12.8 Å². The van der Waals surface area contributed by atoms with Gasteiger partial charge in [0.15, 0.2) is 5.75 Å². The lowest BCUT2D eigenvalue weighted by Crippen LogP contribution is -2.21. The minimum absolute atomic E-state index is 0.0794. The number of ether oxygens (including phenoxy) is 2. The van der Waals surface area contributed by atoms with E-state index < -0.39 is 4.92 Å². The van der Waals surface area contributed by atoms with Gasteiger partial charge in [0.25, 0.3) is 11.2 Å². The monoisotopic (exact) mass is 306 g/mol. The van der Waals surface area contributed by atoms with Crippen LogP contribution in [0.4, 0.5) is 5.69 Å². The van der Waals surface area contributed by atoms with Gasteiger partial charge in [0.05, 0.1) is 24.2 Å². The van der Waals surface area contributed by atoms with Gasteiger partial charge in [-0.2, -0.15) is 0 Å². The fourth-order valence-electron chi connectivity index (χ4n) is 2.23. The van der Waals surface area contributed by atoms with Crippen molar-refractivity contribution in [1.82, 2.24) is 4.57 Å². The number of nitro groups is 1. The molecule has 0 radical (unpaired) electrons. The maximum atomic E-state index is 12.4. The molecule has 1 aromatic carbocycles. The van der Waals surface area contributed by atoms with E-state index in [0.29, 0.717) is 23.3 Å². The van der Waals surface area contributed by atoms with E-state index in [1.807, 2.05) is 6.92 Å². The Bertz CT molecular complexity index is 767. The van der Waals surface area contributed by atoms with E-state index in [-0.39, 0.29) is 17.0 Å². The van der Waals surface area contributed by atoms with E-state index in [4.69, 9.17) is 9.47 Å². The van der Waals surface area contributed by atoms with Gasteiger partial charge in [-0.05, 0) is 12.5 Å². The Morgan fingerprint density at radius 1 is 1.32 bits per heavy atom. The lowest BCUT2D eigenvalue weighted by molar-refractivity contribution is -0.384. The molecule has 0 saturated heterocycles. The molecule has 0 spiro atoms. The van der Waals surface area contributed by atoms with Crippen molar-refractivity contribution in [1.29, 1.82) is 0 Å². The normalized spacial score (nSPS) is 10.7. The largest absolute Gasteiger partial charge is 0.492 e. The van der Waals surface area contributed by atoms with Gasteiger partial charge < -0.3 is 14.0 Å². The number of benzene rings is 1. The fraction of sp³-hybridized carbons (Fsp3) is 0.400. The molecule has 0 fully saturated rings. The van der Waals surface area contributed by atoms with Crippen molar-refractivity contribution in [3.63, 3.8) is 0 Å². The zero-order valence-corrected chi connectivity index (χ0v) is 12.8. The molecule has 0 aliphatic rings. The molecule has 7 nitrogen and oxygen atoms in total. The van der Waals surface area contributed by atoms with E-state index >= 15 is 0 Å². The second kappa shape index (κ2) is 6.46. The lowest BCUT2D eigenvalue weighted by Gasteiger charge is -2.15. The molecule has 0 atom stereocenters. The smallest absolute Gasteiger partial charge is 0.297 e. The zero-order chi connectivity index (χ0) is 16.3. The molecular formula is C15H18N2O5. The average Bonchev–Trinajstić information content (AvgIpc) is 2.52. The quantitative estimate of drug-likeness (QED) is 0.465. The predicted octanol–water partition coefficient (Wildman–Crippen LogP) is 2.63. The third-order valence-electron chi connectivity index (χ3n) is 3.45. The first-order valence-electron chi connectivity index (χ1n) is 6.99. The van der Waals surface area contributed by atoms with Gasteiger partial charge in [0.1, 0.15) is 0 Å². The summed E-state index contributed by atoms with van der Waals surface area (Å²) in [6.45, 7) is 2.44. The Labute approximate surface area is 127 Å². The summed E-state index contributed by atoms with van der Waals surface area (Å²) in [5.41, 5.74) is -0.0240. The Morgan fingerprint density at radius 3 is 2.64 bits per heavy atom. The van der Waals surface area contributed by atoms with Crippen LogP contribution in [0.3, 0.4) is 0 Å². The van der Waals surface area contributed by atoms with Crippen molar-refractivity contribution >= 4 is 16.6 Å². The number of nitro benzene ring substituents is 1. The Hall–Kier alpha value is -2.57. The third kappa shape index (κ3) is 2.74. The number of hydrogen-bond donors (Lipinski definition) is 0. The van der Waals surface area contributed by atoms with E-state index in [1.54, 1.807) is 13.1 Å². The van der Waals surface area contributed by atoms with Gasteiger partial charge >= 0.3 is 0 Å². The summed E-state index contributed by atoms with van der Waals surface area (Å²) >= 11 is 0. The third-order valence-corrected chi connectivity index (χ3v) is 3.45. The van der Waals surface area contributed by atoms with Crippen molar-refractivity contribution in [2.75, 3.05) is 13.7 Å². The summed E-state index contributed by atoms with van der Waals surface area (Å²) in [5, 5.41) is 11.5. The Balaban J connectivity index is 2.68. The molecule has 1 aromatic heterocycles. The Morgan fingerprint density at radius 2 is 2.05 bits per heavy atom. The number of fused-ring (bicyclic) bond motifs is 1. The highest BCUT2D eigenvalue weighted by atomic mass is 16.6. The molecule has 22 heavy (non-hydrogen) atoms. The van der Waals surface area contributed by atoms with Crippen LogP contribution in [0.15, 0.2) is 23.0 Å². The average molecular weight is 306 g/mol. The van der Waals surface area contributed by atoms with Crippen molar-refractivity contribution in [2.45, 2.75) is 19.8 Å². The van der Waals surface area contributed by atoms with Crippen molar-refractivity contribution in [2.24, 2.45) is 7.05 Å². The van der Waals surface area contributed by atoms with E-state index in [2.05, 4.69) is 0 Å². The number of pyridine rings is 1. The van der Waals surface area contributed by atoms with Crippen LogP contribution in [-0.2, 0) is 7.05 Å². The molecular weight excluding hydrogens is 288 g/mol. The van der Waals surface area contributed by atoms with Crippen LogP contribution < -0.4 is 15.0 Å². The molecule has 0 aliphatic heterocycles. The topological polar surface area (TPSA) is 83.6 Å². The molecule has 0 aliphatic carbocycles. The van der Waals surface area contributed by atoms with Crippen LogP contribution in [-0.4, -0.2) is 23.2 Å². The molecule has 0 amide bonds. The number of non-ortho nitro benzene ring substituents is 1. The molecule has 0 N–H and O–H groups in total.